The fourth-order valence-corrected chi connectivity index (χ4v) is 5.18. The van der Waals surface area contributed by atoms with Gasteiger partial charge in [0, 0.05) is 0 Å². The Morgan fingerprint density at radius 2 is 1.38 bits per heavy atom. The lowest BCUT2D eigenvalue weighted by molar-refractivity contribution is 0.157. The number of allylic oxidation sites excluding steroid dienone is 2. The minimum absolute atomic E-state index is 0.174. The van der Waals surface area contributed by atoms with Crippen molar-refractivity contribution >= 4 is 0 Å². The largest absolute Gasteiger partial charge is 0.204 e. The van der Waals surface area contributed by atoms with E-state index < -0.39 is 17.5 Å². The summed E-state index contributed by atoms with van der Waals surface area (Å²) in [6.45, 7) is 2.09. The molecule has 0 nitrogen and oxygen atoms in total. The van der Waals surface area contributed by atoms with Crippen molar-refractivity contribution in [2.24, 2.45) is 17.8 Å². The van der Waals surface area contributed by atoms with Crippen molar-refractivity contribution in [2.45, 2.75) is 77.0 Å². The van der Waals surface area contributed by atoms with E-state index in [1.54, 1.807) is 0 Å². The van der Waals surface area contributed by atoms with Crippen LogP contribution in [-0.2, 0) is 0 Å². The van der Waals surface area contributed by atoms with Gasteiger partial charge in [-0.25, -0.2) is 13.2 Å². The Balaban J connectivity index is 1.47. The average Bonchev–Trinajstić information content (AvgIpc) is 2.67. The van der Waals surface area contributed by atoms with Gasteiger partial charge in [-0.3, -0.25) is 0 Å². The van der Waals surface area contributed by atoms with Crippen molar-refractivity contribution in [3.8, 4) is 0 Å². The van der Waals surface area contributed by atoms with Crippen LogP contribution in [0.15, 0.2) is 24.3 Å². The van der Waals surface area contributed by atoms with Crippen LogP contribution in [0.5, 0.6) is 0 Å². The molecule has 0 saturated heterocycles. The molecule has 0 unspecified atom stereocenters. The summed E-state index contributed by atoms with van der Waals surface area (Å²) < 4.78 is 40.1. The number of hydrogen-bond acceptors (Lipinski definition) is 0. The van der Waals surface area contributed by atoms with Crippen LogP contribution < -0.4 is 0 Å². The molecular weight excluding hydrogens is 333 g/mol. The van der Waals surface area contributed by atoms with E-state index in [2.05, 4.69) is 19.1 Å². The number of benzene rings is 1. The van der Waals surface area contributed by atoms with Crippen LogP contribution in [0.3, 0.4) is 0 Å². The van der Waals surface area contributed by atoms with Crippen molar-refractivity contribution < 1.29 is 13.2 Å². The van der Waals surface area contributed by atoms with E-state index in [4.69, 9.17) is 0 Å². The van der Waals surface area contributed by atoms with E-state index in [0.717, 1.165) is 43.4 Å². The van der Waals surface area contributed by atoms with E-state index >= 15 is 0 Å². The molecule has 0 bridgehead atoms. The zero-order valence-electron chi connectivity index (χ0n) is 15.8. The normalized spacial score (nSPS) is 30.0. The van der Waals surface area contributed by atoms with E-state index in [1.165, 1.54) is 50.7 Å². The van der Waals surface area contributed by atoms with Gasteiger partial charge in [-0.05, 0) is 99.7 Å². The summed E-state index contributed by atoms with van der Waals surface area (Å²) in [5, 5.41) is 0. The Morgan fingerprint density at radius 3 is 1.92 bits per heavy atom. The van der Waals surface area contributed by atoms with Gasteiger partial charge in [0.05, 0.1) is 0 Å². The standard InChI is InChI=1S/C23H31F3/c1-2-3-4-5-16-6-8-17(9-7-16)18-10-12-19(13-11-18)20-14-21(24)23(26)22(25)15-20/h2-3,14-19H,4-13H2,1H3/b3-2+. The highest BCUT2D eigenvalue weighted by Gasteiger charge is 2.31. The van der Waals surface area contributed by atoms with Crippen LogP contribution in [0.2, 0.25) is 0 Å². The first-order valence-electron chi connectivity index (χ1n) is 10.3. The van der Waals surface area contributed by atoms with Crippen molar-refractivity contribution in [1.82, 2.24) is 0 Å². The molecule has 26 heavy (non-hydrogen) atoms. The van der Waals surface area contributed by atoms with Crippen LogP contribution in [0.25, 0.3) is 0 Å². The molecule has 3 rings (SSSR count). The molecule has 0 radical (unpaired) electrons. The second-order valence-electron chi connectivity index (χ2n) is 8.34. The van der Waals surface area contributed by atoms with Crippen LogP contribution in [0, 0.1) is 35.2 Å². The summed E-state index contributed by atoms with van der Waals surface area (Å²) in [7, 11) is 0. The van der Waals surface area contributed by atoms with E-state index in [-0.39, 0.29) is 5.92 Å². The van der Waals surface area contributed by atoms with Crippen LogP contribution in [0.4, 0.5) is 13.2 Å². The molecule has 144 valence electrons. The van der Waals surface area contributed by atoms with Gasteiger partial charge < -0.3 is 0 Å². The SMILES string of the molecule is C/C=C/CCC1CCC(C2CCC(c3cc(F)c(F)c(F)c3)CC2)CC1. The second-order valence-corrected chi connectivity index (χ2v) is 8.34. The highest BCUT2D eigenvalue weighted by Crippen LogP contribution is 2.44. The molecule has 0 N–H and O–H groups in total. The number of halogens is 3. The maximum absolute atomic E-state index is 13.5. The first-order valence-corrected chi connectivity index (χ1v) is 10.3. The summed E-state index contributed by atoms with van der Waals surface area (Å²) >= 11 is 0. The minimum atomic E-state index is -1.35. The molecule has 2 saturated carbocycles. The lowest BCUT2D eigenvalue weighted by Crippen LogP contribution is -2.25. The van der Waals surface area contributed by atoms with Gasteiger partial charge >= 0.3 is 0 Å². The highest BCUT2D eigenvalue weighted by atomic mass is 19.2. The Morgan fingerprint density at radius 1 is 0.846 bits per heavy atom. The summed E-state index contributed by atoms with van der Waals surface area (Å²) in [6.07, 6.45) is 16.6. The molecular formula is C23H31F3. The summed E-state index contributed by atoms with van der Waals surface area (Å²) in [6, 6.07) is 2.39. The lowest BCUT2D eigenvalue weighted by atomic mass is 9.68. The zero-order valence-corrected chi connectivity index (χ0v) is 15.8. The van der Waals surface area contributed by atoms with Gasteiger partial charge in [0.2, 0.25) is 0 Å². The van der Waals surface area contributed by atoms with Crippen molar-refractivity contribution in [1.29, 1.82) is 0 Å². The second kappa shape index (κ2) is 9.10. The third kappa shape index (κ3) is 4.72. The molecule has 3 heteroatoms. The number of rotatable bonds is 5. The molecule has 1 aromatic carbocycles. The third-order valence-electron chi connectivity index (χ3n) is 6.78. The molecule has 0 atom stereocenters. The molecule has 2 aliphatic carbocycles. The first-order chi connectivity index (χ1) is 12.6. The van der Waals surface area contributed by atoms with Crippen LogP contribution >= 0.6 is 0 Å². The lowest BCUT2D eigenvalue weighted by Gasteiger charge is -2.38. The average molecular weight is 364 g/mol. The Kier molecular flexibility index (Phi) is 6.83. The zero-order chi connectivity index (χ0) is 18.5. The van der Waals surface area contributed by atoms with E-state index in [9.17, 15) is 13.2 Å². The van der Waals surface area contributed by atoms with Gasteiger partial charge in [0.25, 0.3) is 0 Å². The van der Waals surface area contributed by atoms with Crippen molar-refractivity contribution in [3.05, 3.63) is 47.3 Å². The predicted molar refractivity (Wildman–Crippen MR) is 101 cm³/mol. The molecule has 0 amide bonds. The maximum atomic E-state index is 13.5. The van der Waals surface area contributed by atoms with Gasteiger partial charge in [-0.1, -0.05) is 25.0 Å². The molecule has 2 aliphatic rings. The molecule has 0 aliphatic heterocycles. The molecule has 0 aromatic heterocycles. The fourth-order valence-electron chi connectivity index (χ4n) is 5.18. The van der Waals surface area contributed by atoms with Gasteiger partial charge in [-0.2, -0.15) is 0 Å². The minimum Gasteiger partial charge on any atom is -0.204 e. The molecule has 2 fully saturated rings. The monoisotopic (exact) mass is 364 g/mol. The highest BCUT2D eigenvalue weighted by molar-refractivity contribution is 5.23. The van der Waals surface area contributed by atoms with Crippen LogP contribution in [0.1, 0.15) is 82.6 Å². The maximum Gasteiger partial charge on any atom is 0.194 e. The Hall–Kier alpha value is -1.25. The predicted octanol–water partition coefficient (Wildman–Crippen LogP) is 7.54. The third-order valence-corrected chi connectivity index (χ3v) is 6.78. The fraction of sp³-hybridized carbons (Fsp3) is 0.652. The van der Waals surface area contributed by atoms with E-state index in [0.29, 0.717) is 5.56 Å². The summed E-state index contributed by atoms with van der Waals surface area (Å²) in [4.78, 5) is 0. The first kappa shape index (κ1) is 19.5. The van der Waals surface area contributed by atoms with Crippen LogP contribution in [-0.4, -0.2) is 0 Å². The van der Waals surface area contributed by atoms with Crippen molar-refractivity contribution in [2.75, 3.05) is 0 Å². The van der Waals surface area contributed by atoms with E-state index in [1.807, 2.05) is 0 Å². The Bertz CT molecular complexity index is 583. The quantitative estimate of drug-likeness (QED) is 0.374. The molecule has 0 spiro atoms. The number of hydrogen-bond donors (Lipinski definition) is 0. The van der Waals surface area contributed by atoms with Gasteiger partial charge in [0.1, 0.15) is 0 Å². The molecule has 1 aromatic rings. The Labute approximate surface area is 155 Å². The van der Waals surface area contributed by atoms with Gasteiger partial charge in [0.15, 0.2) is 17.5 Å². The topological polar surface area (TPSA) is 0 Å². The van der Waals surface area contributed by atoms with Crippen molar-refractivity contribution in [3.63, 3.8) is 0 Å². The smallest absolute Gasteiger partial charge is 0.194 e. The summed E-state index contributed by atoms with van der Waals surface area (Å²) in [5.74, 6) is -0.809. The molecule has 0 heterocycles. The van der Waals surface area contributed by atoms with Gasteiger partial charge in [-0.15, -0.1) is 0 Å². The summed E-state index contributed by atoms with van der Waals surface area (Å²) in [5.41, 5.74) is 0.632.